The van der Waals surface area contributed by atoms with Crippen LogP contribution in [0.25, 0.3) is 0 Å². The van der Waals surface area contributed by atoms with E-state index in [-0.39, 0.29) is 12.6 Å². The van der Waals surface area contributed by atoms with E-state index >= 15 is 0 Å². The van der Waals surface area contributed by atoms with Gasteiger partial charge in [-0.1, -0.05) is 0 Å². The maximum absolute atomic E-state index is 11.7. The number of aliphatic hydroxyl groups is 1. The monoisotopic (exact) mass is 266 g/mol. The molecule has 1 aromatic rings. The summed E-state index contributed by atoms with van der Waals surface area (Å²) in [6.45, 7) is 5.85. The molecule has 0 atom stereocenters. The fourth-order valence-electron chi connectivity index (χ4n) is 1.61. The van der Waals surface area contributed by atoms with Crippen LogP contribution in [-0.4, -0.2) is 36.9 Å². The van der Waals surface area contributed by atoms with Crippen LogP contribution in [0.2, 0.25) is 0 Å². The van der Waals surface area contributed by atoms with Gasteiger partial charge < -0.3 is 20.5 Å². The second-order valence-corrected chi connectivity index (χ2v) is 5.02. The number of hydrogen-bond acceptors (Lipinski definition) is 5. The Hall–Kier alpha value is -1.75. The zero-order chi connectivity index (χ0) is 14.6. The lowest BCUT2D eigenvalue weighted by Crippen LogP contribution is -2.44. The van der Waals surface area contributed by atoms with Gasteiger partial charge in [0.25, 0.3) is 0 Å². The van der Waals surface area contributed by atoms with E-state index in [0.29, 0.717) is 23.5 Å². The third-order valence-corrected chi connectivity index (χ3v) is 3.20. The van der Waals surface area contributed by atoms with Crippen molar-refractivity contribution in [3.8, 4) is 0 Å². The first-order valence-electron chi connectivity index (χ1n) is 6.24. The molecule has 0 saturated heterocycles. The van der Waals surface area contributed by atoms with Crippen LogP contribution in [0, 0.1) is 0 Å². The molecule has 1 rings (SSSR count). The predicted octanol–water partition coefficient (Wildman–Crippen LogP) is 1.65. The van der Waals surface area contributed by atoms with Gasteiger partial charge in [-0.25, -0.2) is 4.79 Å². The van der Waals surface area contributed by atoms with Crippen molar-refractivity contribution in [2.24, 2.45) is 0 Å². The van der Waals surface area contributed by atoms with Gasteiger partial charge in [-0.2, -0.15) is 0 Å². The van der Waals surface area contributed by atoms with Crippen LogP contribution in [0.1, 0.15) is 31.1 Å². The molecular formula is C14H22N2O3. The summed E-state index contributed by atoms with van der Waals surface area (Å²) in [4.78, 5) is 13.6. The van der Waals surface area contributed by atoms with Crippen molar-refractivity contribution in [2.45, 2.75) is 26.3 Å². The number of benzene rings is 1. The molecular weight excluding hydrogens is 244 g/mol. The molecule has 0 aliphatic carbocycles. The first-order valence-corrected chi connectivity index (χ1v) is 6.24. The second-order valence-electron chi connectivity index (χ2n) is 5.02. The number of anilines is 2. The highest BCUT2D eigenvalue weighted by Crippen LogP contribution is 2.29. The standard InChI is InChI=1S/C14H22N2O3/c1-5-19-13(18)10-6-7-11(15)12(8-10)16(4)14(2,3)9-17/h6-8,17H,5,9,15H2,1-4H3. The Balaban J connectivity index is 3.14. The van der Waals surface area contributed by atoms with E-state index in [4.69, 9.17) is 10.5 Å². The second kappa shape index (κ2) is 5.93. The Bertz CT molecular complexity index is 458. The SMILES string of the molecule is CCOC(=O)c1ccc(N)c(N(C)C(C)(C)CO)c1. The molecule has 0 aliphatic rings. The van der Waals surface area contributed by atoms with E-state index in [1.807, 2.05) is 25.8 Å². The molecule has 0 aromatic heterocycles. The van der Waals surface area contributed by atoms with E-state index < -0.39 is 5.54 Å². The lowest BCUT2D eigenvalue weighted by Gasteiger charge is -2.36. The number of carbonyl (C=O) groups excluding carboxylic acids is 1. The van der Waals surface area contributed by atoms with Gasteiger partial charge in [0.05, 0.1) is 35.7 Å². The molecule has 0 spiro atoms. The first-order chi connectivity index (χ1) is 8.83. The van der Waals surface area contributed by atoms with Crippen molar-refractivity contribution in [3.63, 3.8) is 0 Å². The number of nitrogens with two attached hydrogens (primary N) is 1. The minimum absolute atomic E-state index is 0.0213. The number of nitrogens with zero attached hydrogens (tertiary/aromatic N) is 1. The number of carbonyl (C=O) groups is 1. The van der Waals surface area contributed by atoms with Gasteiger partial charge in [-0.05, 0) is 39.0 Å². The highest BCUT2D eigenvalue weighted by molar-refractivity contribution is 5.92. The molecule has 0 radical (unpaired) electrons. The van der Waals surface area contributed by atoms with Gasteiger partial charge in [-0.15, -0.1) is 0 Å². The van der Waals surface area contributed by atoms with Crippen molar-refractivity contribution < 1.29 is 14.6 Å². The van der Waals surface area contributed by atoms with Gasteiger partial charge in [0.1, 0.15) is 0 Å². The van der Waals surface area contributed by atoms with Crippen LogP contribution in [-0.2, 0) is 4.74 Å². The molecule has 5 nitrogen and oxygen atoms in total. The molecule has 0 saturated carbocycles. The molecule has 106 valence electrons. The van der Waals surface area contributed by atoms with Gasteiger partial charge in [-0.3, -0.25) is 0 Å². The highest BCUT2D eigenvalue weighted by Gasteiger charge is 2.25. The molecule has 5 heteroatoms. The minimum Gasteiger partial charge on any atom is -0.462 e. The normalized spacial score (nSPS) is 11.2. The Labute approximate surface area is 114 Å². The molecule has 0 bridgehead atoms. The fourth-order valence-corrected chi connectivity index (χ4v) is 1.61. The van der Waals surface area contributed by atoms with E-state index in [1.165, 1.54) is 0 Å². The molecule has 19 heavy (non-hydrogen) atoms. The number of nitrogen functional groups attached to an aromatic ring is 1. The van der Waals surface area contributed by atoms with Crippen molar-refractivity contribution in [2.75, 3.05) is 30.9 Å². The zero-order valence-electron chi connectivity index (χ0n) is 11.9. The van der Waals surface area contributed by atoms with E-state index in [1.54, 1.807) is 25.1 Å². The lowest BCUT2D eigenvalue weighted by molar-refractivity contribution is 0.0526. The molecule has 0 amide bonds. The van der Waals surface area contributed by atoms with Crippen molar-refractivity contribution in [1.82, 2.24) is 0 Å². The summed E-state index contributed by atoms with van der Waals surface area (Å²) in [5, 5.41) is 9.41. The van der Waals surface area contributed by atoms with Crippen LogP contribution in [0.15, 0.2) is 18.2 Å². The number of esters is 1. The molecule has 0 heterocycles. The predicted molar refractivity (Wildman–Crippen MR) is 76.4 cm³/mol. The Morgan fingerprint density at radius 1 is 1.47 bits per heavy atom. The number of likely N-dealkylation sites (N-methyl/N-ethyl adjacent to an activating group) is 1. The van der Waals surface area contributed by atoms with Crippen molar-refractivity contribution in [1.29, 1.82) is 0 Å². The molecule has 0 aliphatic heterocycles. The summed E-state index contributed by atoms with van der Waals surface area (Å²) in [6, 6.07) is 4.99. The number of aliphatic hydroxyl groups excluding tert-OH is 1. The van der Waals surface area contributed by atoms with Gasteiger partial charge in [0.15, 0.2) is 0 Å². The Kier molecular flexibility index (Phi) is 4.78. The maximum Gasteiger partial charge on any atom is 0.338 e. The fraction of sp³-hybridized carbons (Fsp3) is 0.500. The van der Waals surface area contributed by atoms with E-state index in [0.717, 1.165) is 0 Å². The summed E-state index contributed by atoms with van der Waals surface area (Å²) in [5.74, 6) is -0.376. The Morgan fingerprint density at radius 2 is 2.11 bits per heavy atom. The summed E-state index contributed by atoms with van der Waals surface area (Å²) in [7, 11) is 1.83. The van der Waals surface area contributed by atoms with Gasteiger partial charge >= 0.3 is 5.97 Å². The number of ether oxygens (including phenoxy) is 1. The molecule has 0 fully saturated rings. The first kappa shape index (κ1) is 15.3. The number of hydrogen-bond donors (Lipinski definition) is 2. The smallest absolute Gasteiger partial charge is 0.338 e. The third kappa shape index (κ3) is 3.38. The average Bonchev–Trinajstić information content (AvgIpc) is 2.38. The largest absolute Gasteiger partial charge is 0.462 e. The van der Waals surface area contributed by atoms with Crippen LogP contribution in [0.3, 0.4) is 0 Å². The van der Waals surface area contributed by atoms with Gasteiger partial charge in [0.2, 0.25) is 0 Å². The number of rotatable bonds is 5. The van der Waals surface area contributed by atoms with Gasteiger partial charge in [0, 0.05) is 7.05 Å². The highest BCUT2D eigenvalue weighted by atomic mass is 16.5. The summed E-state index contributed by atoms with van der Waals surface area (Å²) in [6.07, 6.45) is 0. The molecule has 3 N–H and O–H groups in total. The van der Waals surface area contributed by atoms with Crippen molar-refractivity contribution in [3.05, 3.63) is 23.8 Å². The summed E-state index contributed by atoms with van der Waals surface area (Å²) in [5.41, 5.74) is 7.17. The maximum atomic E-state index is 11.7. The molecule has 1 aromatic carbocycles. The Morgan fingerprint density at radius 3 is 2.63 bits per heavy atom. The average molecular weight is 266 g/mol. The van der Waals surface area contributed by atoms with Crippen LogP contribution >= 0.6 is 0 Å². The van der Waals surface area contributed by atoms with Crippen molar-refractivity contribution >= 4 is 17.3 Å². The quantitative estimate of drug-likeness (QED) is 0.626. The summed E-state index contributed by atoms with van der Waals surface area (Å²) >= 11 is 0. The van der Waals surface area contributed by atoms with E-state index in [9.17, 15) is 9.90 Å². The third-order valence-electron chi connectivity index (χ3n) is 3.20. The van der Waals surface area contributed by atoms with Crippen LogP contribution in [0.4, 0.5) is 11.4 Å². The van der Waals surface area contributed by atoms with Crippen LogP contribution in [0.5, 0.6) is 0 Å². The lowest BCUT2D eigenvalue weighted by atomic mass is 10.0. The minimum atomic E-state index is -0.471. The topological polar surface area (TPSA) is 75.8 Å². The molecule has 0 unspecified atom stereocenters. The van der Waals surface area contributed by atoms with E-state index in [2.05, 4.69) is 0 Å². The zero-order valence-corrected chi connectivity index (χ0v) is 11.9. The summed E-state index contributed by atoms with van der Waals surface area (Å²) < 4.78 is 4.97. The van der Waals surface area contributed by atoms with Crippen LogP contribution < -0.4 is 10.6 Å².